The minimum absolute atomic E-state index is 0.0442. The largest absolute Gasteiger partial charge is 0.504 e. The highest BCUT2D eigenvalue weighted by molar-refractivity contribution is 8.00. The number of imide groups is 1. The summed E-state index contributed by atoms with van der Waals surface area (Å²) in [7, 11) is 1.43. The van der Waals surface area contributed by atoms with Crippen molar-refractivity contribution in [2.24, 2.45) is 5.92 Å². The van der Waals surface area contributed by atoms with Crippen LogP contribution in [0.15, 0.2) is 28.0 Å². The van der Waals surface area contributed by atoms with Crippen LogP contribution >= 0.6 is 23.1 Å². The lowest BCUT2D eigenvalue weighted by atomic mass is 9.83. The first-order valence-electron chi connectivity index (χ1n) is 10.2. The molecule has 0 bridgehead atoms. The Balaban J connectivity index is 1.64. The second kappa shape index (κ2) is 8.99. The third-order valence-corrected chi connectivity index (χ3v) is 8.15. The number of carbonyl (C=O) groups is 3. The average molecular weight is 479 g/mol. The Bertz CT molecular complexity index is 1130. The molecule has 3 atom stereocenters. The highest BCUT2D eigenvalue weighted by Crippen LogP contribution is 2.53. The number of carbonyl (C=O) groups excluding carboxylic acids is 2. The molecule has 2 aliphatic heterocycles. The van der Waals surface area contributed by atoms with Crippen LogP contribution in [0.4, 0.5) is 0 Å². The van der Waals surface area contributed by atoms with Gasteiger partial charge in [0.2, 0.25) is 11.8 Å². The van der Waals surface area contributed by atoms with Crippen molar-refractivity contribution in [3.63, 3.8) is 0 Å². The zero-order valence-corrected chi connectivity index (χ0v) is 18.8. The van der Waals surface area contributed by atoms with Crippen LogP contribution < -0.4 is 9.61 Å². The Morgan fingerprint density at radius 2 is 1.97 bits per heavy atom. The molecule has 0 radical (unpaired) electrons. The van der Waals surface area contributed by atoms with Crippen molar-refractivity contribution < 1.29 is 29.3 Å². The standard InChI is InChI=1S/C21H22N2O7S2/c1-30-12-9-10(6-7-11(12)24)14-15-17(31-18-16(14)32-21(29)22-18)20(28)23(19(15)27)8-4-2-3-5-13(25)26/h6-7,9,14-15,17,24H,2-5,8H2,1H3,(H,22,29)(H,25,26). The molecule has 3 heterocycles. The summed E-state index contributed by atoms with van der Waals surface area (Å²) in [5.41, 5.74) is 0.677. The maximum atomic E-state index is 13.4. The van der Waals surface area contributed by atoms with E-state index in [4.69, 9.17) is 9.84 Å². The summed E-state index contributed by atoms with van der Waals surface area (Å²) < 4.78 is 5.22. The Morgan fingerprint density at radius 1 is 1.19 bits per heavy atom. The van der Waals surface area contributed by atoms with Gasteiger partial charge < -0.3 is 19.9 Å². The van der Waals surface area contributed by atoms with E-state index in [9.17, 15) is 24.3 Å². The van der Waals surface area contributed by atoms with Crippen LogP contribution in [0.5, 0.6) is 11.5 Å². The van der Waals surface area contributed by atoms with E-state index in [2.05, 4.69) is 4.98 Å². The summed E-state index contributed by atoms with van der Waals surface area (Å²) >= 11 is 2.23. The smallest absolute Gasteiger partial charge is 0.305 e. The second-order valence-electron chi connectivity index (χ2n) is 7.71. The number of amides is 2. The fourth-order valence-electron chi connectivity index (χ4n) is 4.26. The number of thioether (sulfide) groups is 1. The van der Waals surface area contributed by atoms with Gasteiger partial charge in [-0.05, 0) is 30.5 Å². The number of hydrogen-bond donors (Lipinski definition) is 3. The van der Waals surface area contributed by atoms with Gasteiger partial charge in [0.1, 0.15) is 5.25 Å². The van der Waals surface area contributed by atoms with E-state index in [0.29, 0.717) is 34.7 Å². The molecule has 2 aliphatic rings. The first-order chi connectivity index (χ1) is 15.3. The Morgan fingerprint density at radius 3 is 2.69 bits per heavy atom. The summed E-state index contributed by atoms with van der Waals surface area (Å²) in [5.74, 6) is -2.46. The molecular formula is C21H22N2O7S2. The number of carboxylic acids is 1. The van der Waals surface area contributed by atoms with Gasteiger partial charge in [-0.25, -0.2) is 0 Å². The van der Waals surface area contributed by atoms with Crippen LogP contribution in [0.1, 0.15) is 42.0 Å². The van der Waals surface area contributed by atoms with Crippen molar-refractivity contribution in [1.29, 1.82) is 0 Å². The number of H-pyrrole nitrogens is 1. The summed E-state index contributed by atoms with van der Waals surface area (Å²) in [4.78, 5) is 53.7. The number of phenolic OH excluding ortho intramolecular Hbond substituents is 1. The first kappa shape index (κ1) is 22.4. The number of rotatable bonds is 8. The number of aliphatic carboxylic acids is 1. The normalized spacial score (nSPS) is 22.0. The van der Waals surface area contributed by atoms with Crippen LogP contribution in [-0.4, -0.2) is 56.8 Å². The molecule has 3 unspecified atom stereocenters. The number of benzene rings is 1. The number of ether oxygens (including phenoxy) is 1. The van der Waals surface area contributed by atoms with E-state index < -0.39 is 23.1 Å². The van der Waals surface area contributed by atoms with Crippen LogP contribution in [0, 0.1) is 5.92 Å². The average Bonchev–Trinajstić information content (AvgIpc) is 3.24. The van der Waals surface area contributed by atoms with Crippen molar-refractivity contribution in [3.8, 4) is 11.5 Å². The van der Waals surface area contributed by atoms with Crippen molar-refractivity contribution in [3.05, 3.63) is 38.3 Å². The topological polar surface area (TPSA) is 137 Å². The fourth-order valence-corrected chi connectivity index (χ4v) is 6.80. The van der Waals surface area contributed by atoms with E-state index in [0.717, 1.165) is 11.3 Å². The Labute approximate surface area is 191 Å². The zero-order valence-electron chi connectivity index (χ0n) is 17.2. The van der Waals surface area contributed by atoms with Crippen LogP contribution in [0.25, 0.3) is 0 Å². The number of likely N-dealkylation sites (tertiary alicyclic amines) is 1. The number of aromatic amines is 1. The molecule has 32 heavy (non-hydrogen) atoms. The van der Waals surface area contributed by atoms with Gasteiger partial charge in [0.25, 0.3) is 0 Å². The van der Waals surface area contributed by atoms with Crippen molar-refractivity contribution in [2.75, 3.05) is 13.7 Å². The molecular weight excluding hydrogens is 456 g/mol. The summed E-state index contributed by atoms with van der Waals surface area (Å²) in [6.07, 6.45) is 1.68. The number of aromatic nitrogens is 1. The quantitative estimate of drug-likeness (QED) is 0.389. The number of methoxy groups -OCH3 is 1. The lowest BCUT2D eigenvalue weighted by Crippen LogP contribution is -2.33. The predicted molar refractivity (Wildman–Crippen MR) is 117 cm³/mol. The molecule has 0 saturated carbocycles. The van der Waals surface area contributed by atoms with Gasteiger partial charge in [0.05, 0.1) is 18.1 Å². The molecule has 0 aliphatic carbocycles. The van der Waals surface area contributed by atoms with Crippen LogP contribution in [-0.2, 0) is 14.4 Å². The van der Waals surface area contributed by atoms with Gasteiger partial charge in [-0.3, -0.25) is 24.1 Å². The Hall–Kier alpha value is -2.79. The van der Waals surface area contributed by atoms with Crippen molar-refractivity contribution in [2.45, 2.75) is 41.9 Å². The van der Waals surface area contributed by atoms with Crippen molar-refractivity contribution >= 4 is 40.9 Å². The highest BCUT2D eigenvalue weighted by Gasteiger charge is 2.55. The number of hydrogen-bond acceptors (Lipinski definition) is 8. The molecule has 2 aromatic rings. The van der Waals surface area contributed by atoms with Gasteiger partial charge in [0.15, 0.2) is 11.5 Å². The molecule has 1 fully saturated rings. The second-order valence-corrected chi connectivity index (χ2v) is 9.88. The molecule has 2 amide bonds. The van der Waals surface area contributed by atoms with E-state index in [1.807, 2.05) is 0 Å². The number of carboxylic acid groups (broad SMARTS) is 1. The van der Waals surface area contributed by atoms with E-state index in [1.165, 1.54) is 29.8 Å². The molecule has 1 aromatic heterocycles. The molecule has 3 N–H and O–H groups in total. The molecule has 1 saturated heterocycles. The number of phenols is 1. The number of nitrogens with one attached hydrogen (secondary N) is 1. The molecule has 1 aromatic carbocycles. The van der Waals surface area contributed by atoms with E-state index in [1.54, 1.807) is 12.1 Å². The third kappa shape index (κ3) is 4.02. The van der Waals surface area contributed by atoms with E-state index in [-0.39, 0.29) is 41.2 Å². The van der Waals surface area contributed by atoms with Gasteiger partial charge in [-0.2, -0.15) is 0 Å². The Kier molecular flexibility index (Phi) is 6.29. The number of thiazole rings is 1. The maximum absolute atomic E-state index is 13.4. The summed E-state index contributed by atoms with van der Waals surface area (Å²) in [6.45, 7) is 0.237. The van der Waals surface area contributed by atoms with Gasteiger partial charge >= 0.3 is 10.8 Å². The van der Waals surface area contributed by atoms with E-state index >= 15 is 0 Å². The molecule has 170 valence electrons. The minimum Gasteiger partial charge on any atom is -0.504 e. The van der Waals surface area contributed by atoms with Gasteiger partial charge in [-0.15, -0.1) is 0 Å². The molecule has 0 spiro atoms. The van der Waals surface area contributed by atoms with Crippen LogP contribution in [0.2, 0.25) is 0 Å². The number of unbranched alkanes of at least 4 members (excludes halogenated alkanes) is 2. The molecule has 9 nitrogen and oxygen atoms in total. The SMILES string of the molecule is COc1cc(C2c3sc(=O)[nH]c3SC3C(=O)N(CCCCCC(=O)O)C(=O)C32)ccc1O. The number of fused-ring (bicyclic) bond motifs is 2. The zero-order chi connectivity index (χ0) is 23.0. The van der Waals surface area contributed by atoms with Crippen LogP contribution in [0.3, 0.4) is 0 Å². The monoisotopic (exact) mass is 478 g/mol. The summed E-state index contributed by atoms with van der Waals surface area (Å²) in [6, 6.07) is 4.78. The molecule has 11 heteroatoms. The maximum Gasteiger partial charge on any atom is 0.305 e. The first-order valence-corrected chi connectivity index (χ1v) is 11.8. The minimum atomic E-state index is -0.868. The lowest BCUT2D eigenvalue weighted by molar-refractivity contribution is -0.140. The number of aromatic hydroxyl groups is 1. The predicted octanol–water partition coefficient (Wildman–Crippen LogP) is 2.39. The number of nitrogens with zero attached hydrogens (tertiary/aromatic N) is 1. The molecule has 4 rings (SSSR count). The highest BCUT2D eigenvalue weighted by atomic mass is 32.2. The summed E-state index contributed by atoms with van der Waals surface area (Å²) in [5, 5.41) is 18.7. The fraction of sp³-hybridized carbons (Fsp3) is 0.429. The van der Waals surface area contributed by atoms with Gasteiger partial charge in [0, 0.05) is 23.8 Å². The lowest BCUT2D eigenvalue weighted by Gasteiger charge is -2.30. The third-order valence-electron chi connectivity index (χ3n) is 5.75. The van der Waals surface area contributed by atoms with Gasteiger partial charge in [-0.1, -0.05) is 35.6 Å². The van der Waals surface area contributed by atoms with Crippen molar-refractivity contribution in [1.82, 2.24) is 9.88 Å².